The molecule has 1 aliphatic heterocycles. The molecule has 2 heterocycles. The smallest absolute Gasteiger partial charge is 0.0642 e. The van der Waals surface area contributed by atoms with E-state index in [1.54, 1.807) is 11.3 Å². The number of hydrazone groups is 1. The molecule has 0 amide bonds. The predicted octanol–water partition coefficient (Wildman–Crippen LogP) is 3.86. The topological polar surface area (TPSA) is 18.8 Å². The Morgan fingerprint density at radius 1 is 1.09 bits per heavy atom. The minimum atomic E-state index is 0.798. The Morgan fingerprint density at radius 3 is 2.45 bits per heavy atom. The highest BCUT2D eigenvalue weighted by atomic mass is 35.5. The van der Waals surface area contributed by atoms with Crippen molar-refractivity contribution >= 4 is 29.2 Å². The van der Waals surface area contributed by atoms with E-state index >= 15 is 0 Å². The van der Waals surface area contributed by atoms with Gasteiger partial charge in [0.25, 0.3) is 0 Å². The highest BCUT2D eigenvalue weighted by molar-refractivity contribution is 7.13. The van der Waals surface area contributed by atoms with Crippen LogP contribution >= 0.6 is 22.9 Å². The van der Waals surface area contributed by atoms with Gasteiger partial charge in [0.1, 0.15) is 0 Å². The lowest BCUT2D eigenvalue weighted by Gasteiger charge is -2.33. The predicted molar refractivity (Wildman–Crippen MR) is 95.0 cm³/mol. The summed E-state index contributed by atoms with van der Waals surface area (Å²) >= 11 is 7.71. The maximum absolute atomic E-state index is 5.93. The van der Waals surface area contributed by atoms with E-state index < -0.39 is 0 Å². The van der Waals surface area contributed by atoms with Gasteiger partial charge in [0.2, 0.25) is 0 Å². The summed E-state index contributed by atoms with van der Waals surface area (Å²) < 4.78 is 0. The van der Waals surface area contributed by atoms with E-state index in [-0.39, 0.29) is 0 Å². The number of thiophene rings is 1. The first kappa shape index (κ1) is 15.5. The first-order valence-electron chi connectivity index (χ1n) is 7.51. The number of aryl methyl sites for hydroxylation is 1. The maximum atomic E-state index is 5.93. The van der Waals surface area contributed by atoms with Crippen LogP contribution in [0.2, 0.25) is 5.02 Å². The minimum Gasteiger partial charge on any atom is -0.295 e. The first-order valence-corrected chi connectivity index (χ1v) is 8.71. The molecule has 1 aliphatic rings. The van der Waals surface area contributed by atoms with E-state index in [1.807, 2.05) is 18.3 Å². The van der Waals surface area contributed by atoms with Gasteiger partial charge in [0.15, 0.2) is 0 Å². The molecular formula is C17H20ClN3S. The van der Waals surface area contributed by atoms with Crippen molar-refractivity contribution in [1.29, 1.82) is 0 Å². The first-order chi connectivity index (χ1) is 10.7. The Labute approximate surface area is 140 Å². The van der Waals surface area contributed by atoms with E-state index in [4.69, 9.17) is 11.6 Å². The fourth-order valence-corrected chi connectivity index (χ4v) is 3.39. The van der Waals surface area contributed by atoms with E-state index in [0.717, 1.165) is 37.7 Å². The summed E-state index contributed by atoms with van der Waals surface area (Å²) in [6.45, 7) is 7.16. The van der Waals surface area contributed by atoms with Gasteiger partial charge in [-0.2, -0.15) is 5.10 Å². The molecule has 3 nitrogen and oxygen atoms in total. The quantitative estimate of drug-likeness (QED) is 0.791. The standard InChI is InChI=1S/C17H20ClN3S/c1-14-2-7-17(22-14)12-19-21-10-8-20(9-11-21)13-15-3-5-16(18)6-4-15/h2-7,12H,8-11,13H2,1H3/b19-12-. The monoisotopic (exact) mass is 333 g/mol. The van der Waals surface area contributed by atoms with Crippen LogP contribution in [0.25, 0.3) is 0 Å². The molecule has 0 N–H and O–H groups in total. The van der Waals surface area contributed by atoms with Crippen LogP contribution in [-0.2, 0) is 6.54 Å². The zero-order valence-corrected chi connectivity index (χ0v) is 14.3. The van der Waals surface area contributed by atoms with Gasteiger partial charge in [0, 0.05) is 47.5 Å². The summed E-state index contributed by atoms with van der Waals surface area (Å²) in [7, 11) is 0. The molecule has 0 aliphatic carbocycles. The fourth-order valence-electron chi connectivity index (χ4n) is 2.52. The van der Waals surface area contributed by atoms with E-state index in [2.05, 4.69) is 46.2 Å². The molecule has 0 spiro atoms. The van der Waals surface area contributed by atoms with Gasteiger partial charge in [-0.15, -0.1) is 11.3 Å². The zero-order valence-electron chi connectivity index (χ0n) is 12.7. The van der Waals surface area contributed by atoms with Crippen LogP contribution in [0.4, 0.5) is 0 Å². The number of halogens is 1. The third-order valence-electron chi connectivity index (χ3n) is 3.78. The molecule has 3 rings (SSSR count). The van der Waals surface area contributed by atoms with Crippen LogP contribution in [0.15, 0.2) is 41.5 Å². The lowest BCUT2D eigenvalue weighted by atomic mass is 10.2. The summed E-state index contributed by atoms with van der Waals surface area (Å²) in [5, 5.41) is 7.55. The third kappa shape index (κ3) is 4.32. The molecule has 1 saturated heterocycles. The Hall–Kier alpha value is -1.36. The second-order valence-electron chi connectivity index (χ2n) is 5.55. The highest BCUT2D eigenvalue weighted by Gasteiger charge is 2.15. The Bertz CT molecular complexity index is 628. The molecule has 116 valence electrons. The van der Waals surface area contributed by atoms with Crippen molar-refractivity contribution in [2.45, 2.75) is 13.5 Å². The Kier molecular flexibility index (Phi) is 5.13. The van der Waals surface area contributed by atoms with Gasteiger partial charge in [-0.1, -0.05) is 23.7 Å². The van der Waals surface area contributed by atoms with Crippen LogP contribution in [-0.4, -0.2) is 42.3 Å². The van der Waals surface area contributed by atoms with E-state index in [0.29, 0.717) is 0 Å². The molecule has 1 fully saturated rings. The largest absolute Gasteiger partial charge is 0.295 e. The van der Waals surface area contributed by atoms with Crippen LogP contribution in [0.3, 0.4) is 0 Å². The van der Waals surface area contributed by atoms with Gasteiger partial charge in [0.05, 0.1) is 6.21 Å². The van der Waals surface area contributed by atoms with Crippen LogP contribution in [0.5, 0.6) is 0 Å². The average Bonchev–Trinajstić information content (AvgIpc) is 2.94. The number of piperazine rings is 1. The molecule has 1 aromatic carbocycles. The molecule has 5 heteroatoms. The van der Waals surface area contributed by atoms with E-state index in [9.17, 15) is 0 Å². The number of hydrogen-bond acceptors (Lipinski definition) is 4. The molecule has 0 unspecified atom stereocenters. The van der Waals surface area contributed by atoms with E-state index in [1.165, 1.54) is 15.3 Å². The van der Waals surface area contributed by atoms with Crippen molar-refractivity contribution in [2.75, 3.05) is 26.2 Å². The molecule has 0 bridgehead atoms. The average molecular weight is 334 g/mol. The Balaban J connectivity index is 1.48. The summed E-state index contributed by atoms with van der Waals surface area (Å²) in [6.07, 6.45) is 1.98. The Morgan fingerprint density at radius 2 is 1.82 bits per heavy atom. The lowest BCUT2D eigenvalue weighted by Crippen LogP contribution is -2.43. The number of hydrogen-bond donors (Lipinski definition) is 0. The minimum absolute atomic E-state index is 0.798. The number of rotatable bonds is 4. The van der Waals surface area contributed by atoms with Crippen LogP contribution in [0.1, 0.15) is 15.3 Å². The molecule has 0 saturated carbocycles. The summed E-state index contributed by atoms with van der Waals surface area (Å²) in [4.78, 5) is 5.01. The van der Waals surface area contributed by atoms with Gasteiger partial charge in [-0.3, -0.25) is 9.91 Å². The number of benzene rings is 1. The highest BCUT2D eigenvalue weighted by Crippen LogP contribution is 2.14. The van der Waals surface area contributed by atoms with Crippen molar-refractivity contribution < 1.29 is 0 Å². The van der Waals surface area contributed by atoms with Crippen molar-refractivity contribution in [2.24, 2.45) is 5.10 Å². The normalized spacial score (nSPS) is 16.5. The summed E-state index contributed by atoms with van der Waals surface area (Å²) in [6, 6.07) is 12.4. The molecule has 0 radical (unpaired) electrons. The van der Waals surface area contributed by atoms with Crippen LogP contribution in [0, 0.1) is 6.92 Å². The van der Waals surface area contributed by atoms with Gasteiger partial charge >= 0.3 is 0 Å². The third-order valence-corrected chi connectivity index (χ3v) is 4.96. The fraction of sp³-hybridized carbons (Fsp3) is 0.353. The van der Waals surface area contributed by atoms with Crippen molar-refractivity contribution in [3.8, 4) is 0 Å². The van der Waals surface area contributed by atoms with Crippen molar-refractivity contribution in [3.05, 3.63) is 56.7 Å². The van der Waals surface area contributed by atoms with Crippen LogP contribution < -0.4 is 0 Å². The molecular weight excluding hydrogens is 314 g/mol. The molecule has 0 atom stereocenters. The van der Waals surface area contributed by atoms with Gasteiger partial charge < -0.3 is 0 Å². The van der Waals surface area contributed by atoms with Crippen molar-refractivity contribution in [3.63, 3.8) is 0 Å². The van der Waals surface area contributed by atoms with Gasteiger partial charge in [-0.25, -0.2) is 0 Å². The summed E-state index contributed by atoms with van der Waals surface area (Å²) in [5.41, 5.74) is 1.32. The molecule has 22 heavy (non-hydrogen) atoms. The maximum Gasteiger partial charge on any atom is 0.0642 e. The number of nitrogens with zero attached hydrogens (tertiary/aromatic N) is 3. The SMILES string of the molecule is Cc1ccc(/C=N\N2CCN(Cc3ccc(Cl)cc3)CC2)s1. The van der Waals surface area contributed by atoms with Gasteiger partial charge in [-0.05, 0) is 36.8 Å². The zero-order chi connectivity index (χ0) is 15.4. The second kappa shape index (κ2) is 7.27. The molecule has 2 aromatic rings. The second-order valence-corrected chi connectivity index (χ2v) is 7.31. The van der Waals surface area contributed by atoms with Crippen molar-refractivity contribution in [1.82, 2.24) is 9.91 Å². The molecule has 1 aromatic heterocycles. The lowest BCUT2D eigenvalue weighted by molar-refractivity contribution is 0.131. The summed E-state index contributed by atoms with van der Waals surface area (Å²) in [5.74, 6) is 0.